The van der Waals surface area contributed by atoms with E-state index < -0.39 is 9.84 Å². The van der Waals surface area contributed by atoms with Crippen molar-refractivity contribution in [2.45, 2.75) is 12.3 Å². The maximum atomic E-state index is 11.5. The zero-order chi connectivity index (χ0) is 12.3. The summed E-state index contributed by atoms with van der Waals surface area (Å²) in [5.41, 5.74) is 2.13. The molecule has 0 spiro atoms. The van der Waals surface area contributed by atoms with Gasteiger partial charge in [-0.25, -0.2) is 8.42 Å². The maximum absolute atomic E-state index is 11.5. The van der Waals surface area contributed by atoms with Crippen LogP contribution in [0.4, 0.5) is 5.69 Å². The highest BCUT2D eigenvalue weighted by Crippen LogP contribution is 2.23. The summed E-state index contributed by atoms with van der Waals surface area (Å²) in [6.45, 7) is 1.35. The second kappa shape index (κ2) is 5.27. The van der Waals surface area contributed by atoms with Crippen molar-refractivity contribution in [3.05, 3.63) is 29.8 Å². The first-order chi connectivity index (χ1) is 8.12. The molecule has 1 aromatic rings. The van der Waals surface area contributed by atoms with Crippen molar-refractivity contribution in [3.63, 3.8) is 0 Å². The number of alkyl halides is 1. The largest absolute Gasteiger partial charge is 0.370 e. The highest BCUT2D eigenvalue weighted by atomic mass is 35.5. The number of rotatable bonds is 2. The van der Waals surface area contributed by atoms with E-state index in [2.05, 4.69) is 4.90 Å². The molecule has 0 N–H and O–H groups in total. The highest BCUT2D eigenvalue weighted by molar-refractivity contribution is 7.91. The van der Waals surface area contributed by atoms with Gasteiger partial charge in [0.25, 0.3) is 0 Å². The number of anilines is 1. The standard InChI is InChI=1S/C12H16ClNO2S/c13-10-11-4-1-2-5-12(11)14-6-3-8-17(15,16)9-7-14/h1-2,4-5H,3,6-10H2. The van der Waals surface area contributed by atoms with E-state index in [9.17, 15) is 8.42 Å². The van der Waals surface area contributed by atoms with E-state index in [-0.39, 0.29) is 5.75 Å². The van der Waals surface area contributed by atoms with Crippen LogP contribution in [0, 0.1) is 0 Å². The molecule has 0 amide bonds. The van der Waals surface area contributed by atoms with Crippen molar-refractivity contribution < 1.29 is 8.42 Å². The lowest BCUT2D eigenvalue weighted by molar-refractivity contribution is 0.597. The molecule has 0 unspecified atom stereocenters. The van der Waals surface area contributed by atoms with Gasteiger partial charge in [-0.1, -0.05) is 18.2 Å². The molecule has 0 radical (unpaired) electrons. The van der Waals surface area contributed by atoms with Crippen LogP contribution < -0.4 is 4.90 Å². The first-order valence-electron chi connectivity index (χ1n) is 5.71. The molecule has 1 aromatic carbocycles. The van der Waals surface area contributed by atoms with E-state index in [4.69, 9.17) is 11.6 Å². The molecule has 17 heavy (non-hydrogen) atoms. The zero-order valence-electron chi connectivity index (χ0n) is 9.60. The second-order valence-electron chi connectivity index (χ2n) is 4.25. The normalized spacial score (nSPS) is 19.9. The molecule has 3 nitrogen and oxygen atoms in total. The molecule has 0 atom stereocenters. The third-order valence-corrected chi connectivity index (χ3v) is 5.04. The first kappa shape index (κ1) is 12.7. The van der Waals surface area contributed by atoms with Crippen LogP contribution in [0.1, 0.15) is 12.0 Å². The Morgan fingerprint density at radius 1 is 1.18 bits per heavy atom. The first-order valence-corrected chi connectivity index (χ1v) is 8.07. The Morgan fingerprint density at radius 2 is 1.94 bits per heavy atom. The van der Waals surface area contributed by atoms with Gasteiger partial charge in [-0.05, 0) is 18.1 Å². The molecule has 1 fully saturated rings. The molecule has 0 saturated carbocycles. The van der Waals surface area contributed by atoms with E-state index in [0.29, 0.717) is 24.6 Å². The van der Waals surface area contributed by atoms with E-state index in [1.807, 2.05) is 24.3 Å². The van der Waals surface area contributed by atoms with Crippen LogP contribution in [-0.4, -0.2) is 33.0 Å². The lowest BCUT2D eigenvalue weighted by atomic mass is 10.1. The minimum absolute atomic E-state index is 0.240. The predicted octanol–water partition coefficient (Wildman–Crippen LogP) is 2.05. The van der Waals surface area contributed by atoms with Gasteiger partial charge in [0.05, 0.1) is 11.5 Å². The van der Waals surface area contributed by atoms with Crippen molar-refractivity contribution >= 4 is 27.1 Å². The molecule has 2 rings (SSSR count). The van der Waals surface area contributed by atoms with Crippen LogP contribution in [0.2, 0.25) is 0 Å². The fraction of sp³-hybridized carbons (Fsp3) is 0.500. The minimum Gasteiger partial charge on any atom is -0.370 e. The summed E-state index contributed by atoms with van der Waals surface area (Å²) in [6, 6.07) is 7.91. The van der Waals surface area contributed by atoms with E-state index in [1.54, 1.807) is 0 Å². The SMILES string of the molecule is O=S1(=O)CCCN(c2ccccc2CCl)CC1. The number of nitrogens with zero attached hydrogens (tertiary/aromatic N) is 1. The van der Waals surface area contributed by atoms with Crippen molar-refractivity contribution in [2.75, 3.05) is 29.5 Å². The lowest BCUT2D eigenvalue weighted by Gasteiger charge is -2.24. The molecule has 94 valence electrons. The number of halogens is 1. The Hall–Kier alpha value is -0.740. The predicted molar refractivity (Wildman–Crippen MR) is 71.5 cm³/mol. The Labute approximate surface area is 107 Å². The fourth-order valence-corrected chi connectivity index (χ4v) is 3.61. The number of hydrogen-bond donors (Lipinski definition) is 0. The van der Waals surface area contributed by atoms with Crippen molar-refractivity contribution in [2.24, 2.45) is 0 Å². The van der Waals surface area contributed by atoms with Crippen molar-refractivity contribution in [1.29, 1.82) is 0 Å². The molecule has 0 bridgehead atoms. The maximum Gasteiger partial charge on any atom is 0.152 e. The number of benzene rings is 1. The van der Waals surface area contributed by atoms with Crippen molar-refractivity contribution in [1.82, 2.24) is 0 Å². The minimum atomic E-state index is -2.85. The third kappa shape index (κ3) is 3.13. The average molecular weight is 274 g/mol. The summed E-state index contributed by atoms with van der Waals surface area (Å²) < 4.78 is 23.1. The van der Waals surface area contributed by atoms with Crippen LogP contribution in [0.3, 0.4) is 0 Å². The van der Waals surface area contributed by atoms with Gasteiger partial charge in [0.2, 0.25) is 0 Å². The summed E-state index contributed by atoms with van der Waals surface area (Å²) in [6.07, 6.45) is 0.693. The average Bonchev–Trinajstić information content (AvgIpc) is 2.50. The Balaban J connectivity index is 2.22. The zero-order valence-corrected chi connectivity index (χ0v) is 11.2. The molecular formula is C12H16ClNO2S. The summed E-state index contributed by atoms with van der Waals surface area (Å²) in [7, 11) is -2.85. The van der Waals surface area contributed by atoms with Gasteiger partial charge in [-0.2, -0.15) is 0 Å². The number of sulfone groups is 1. The topological polar surface area (TPSA) is 37.4 Å². The Kier molecular flexibility index (Phi) is 3.94. The van der Waals surface area contributed by atoms with Gasteiger partial charge in [-0.15, -0.1) is 11.6 Å². The second-order valence-corrected chi connectivity index (χ2v) is 6.83. The molecule has 1 aliphatic rings. The Bertz CT molecular complexity index is 487. The highest BCUT2D eigenvalue weighted by Gasteiger charge is 2.20. The van der Waals surface area contributed by atoms with Gasteiger partial charge in [0, 0.05) is 24.7 Å². The van der Waals surface area contributed by atoms with Gasteiger partial charge in [-0.3, -0.25) is 0 Å². The van der Waals surface area contributed by atoms with Crippen LogP contribution in [0.25, 0.3) is 0 Å². The summed E-state index contributed by atoms with van der Waals surface area (Å²) >= 11 is 5.90. The van der Waals surface area contributed by atoms with E-state index in [1.165, 1.54) is 0 Å². The van der Waals surface area contributed by atoms with E-state index >= 15 is 0 Å². The van der Waals surface area contributed by atoms with E-state index in [0.717, 1.165) is 17.8 Å². The van der Waals surface area contributed by atoms with Crippen LogP contribution in [-0.2, 0) is 15.7 Å². The van der Waals surface area contributed by atoms with Gasteiger partial charge < -0.3 is 4.90 Å². The quantitative estimate of drug-likeness (QED) is 0.774. The molecule has 5 heteroatoms. The van der Waals surface area contributed by atoms with Crippen LogP contribution in [0.15, 0.2) is 24.3 Å². The number of para-hydroxylation sites is 1. The molecule has 1 saturated heterocycles. The van der Waals surface area contributed by atoms with Gasteiger partial charge in [0.1, 0.15) is 0 Å². The summed E-state index contributed by atoms with van der Waals surface area (Å²) in [4.78, 5) is 2.13. The summed E-state index contributed by atoms with van der Waals surface area (Å²) in [5, 5.41) is 0. The van der Waals surface area contributed by atoms with Gasteiger partial charge in [0.15, 0.2) is 9.84 Å². The lowest BCUT2D eigenvalue weighted by Crippen LogP contribution is -2.27. The summed E-state index contributed by atoms with van der Waals surface area (Å²) in [5.74, 6) is 0.996. The smallest absolute Gasteiger partial charge is 0.152 e. The van der Waals surface area contributed by atoms with Crippen molar-refractivity contribution in [3.8, 4) is 0 Å². The third-order valence-electron chi connectivity index (χ3n) is 3.03. The van der Waals surface area contributed by atoms with Gasteiger partial charge >= 0.3 is 0 Å². The van der Waals surface area contributed by atoms with Crippen LogP contribution >= 0.6 is 11.6 Å². The number of hydrogen-bond acceptors (Lipinski definition) is 3. The Morgan fingerprint density at radius 3 is 2.71 bits per heavy atom. The van der Waals surface area contributed by atoms with Crippen LogP contribution in [0.5, 0.6) is 0 Å². The molecule has 0 aromatic heterocycles. The molecule has 0 aliphatic carbocycles. The monoisotopic (exact) mass is 273 g/mol. The fourth-order valence-electron chi connectivity index (χ4n) is 2.11. The molecule has 1 heterocycles. The molecular weight excluding hydrogens is 258 g/mol. The molecule has 1 aliphatic heterocycles.